The fraction of sp³-hybridized carbons (Fsp3) is 0.364. The van der Waals surface area contributed by atoms with Crippen molar-refractivity contribution in [2.75, 3.05) is 32.1 Å². The number of anilines is 1. The zero-order valence-corrected chi connectivity index (χ0v) is 11.2. The highest BCUT2D eigenvalue weighted by molar-refractivity contribution is 7.89. The predicted molar refractivity (Wildman–Crippen MR) is 69.6 cm³/mol. The largest absolute Gasteiger partial charge is 0.480 e. The second-order valence-electron chi connectivity index (χ2n) is 3.61. The van der Waals surface area contributed by atoms with E-state index in [1.807, 2.05) is 0 Å². The van der Waals surface area contributed by atoms with Crippen molar-refractivity contribution in [1.29, 1.82) is 0 Å². The van der Waals surface area contributed by atoms with Crippen LogP contribution >= 0.6 is 0 Å². The third-order valence-electron chi connectivity index (χ3n) is 2.23. The lowest BCUT2D eigenvalue weighted by Gasteiger charge is -2.07. The number of aliphatic carboxylic acids is 1. The van der Waals surface area contributed by atoms with Crippen molar-refractivity contribution in [1.82, 2.24) is 4.72 Å². The summed E-state index contributed by atoms with van der Waals surface area (Å²) < 4.78 is 30.0. The van der Waals surface area contributed by atoms with Gasteiger partial charge < -0.3 is 15.2 Å². The number of sulfonamides is 1. The molecule has 0 bridgehead atoms. The van der Waals surface area contributed by atoms with E-state index < -0.39 is 16.0 Å². The van der Waals surface area contributed by atoms with Gasteiger partial charge in [0.1, 0.15) is 6.61 Å². The van der Waals surface area contributed by atoms with E-state index in [0.29, 0.717) is 6.54 Å². The highest BCUT2D eigenvalue weighted by Crippen LogP contribution is 2.13. The molecule has 1 aromatic carbocycles. The number of carbonyl (C=O) groups is 1. The van der Waals surface area contributed by atoms with Crippen LogP contribution < -0.4 is 10.0 Å². The summed E-state index contributed by atoms with van der Waals surface area (Å²) in [5.74, 6) is -1.01. The highest BCUT2D eigenvalue weighted by atomic mass is 32.2. The highest BCUT2D eigenvalue weighted by Gasteiger charge is 2.09. The average molecular weight is 288 g/mol. The van der Waals surface area contributed by atoms with Gasteiger partial charge in [-0.3, -0.25) is 0 Å². The van der Waals surface area contributed by atoms with Gasteiger partial charge in [0, 0.05) is 12.2 Å². The van der Waals surface area contributed by atoms with E-state index in [1.165, 1.54) is 19.2 Å². The molecular weight excluding hydrogens is 272 g/mol. The quantitative estimate of drug-likeness (QED) is 0.586. The number of rotatable bonds is 8. The third kappa shape index (κ3) is 5.25. The Morgan fingerprint density at radius 3 is 2.47 bits per heavy atom. The van der Waals surface area contributed by atoms with Crippen molar-refractivity contribution in [2.24, 2.45) is 0 Å². The van der Waals surface area contributed by atoms with Crippen molar-refractivity contribution in [3.05, 3.63) is 24.3 Å². The first-order chi connectivity index (χ1) is 8.95. The molecule has 106 valence electrons. The molecule has 0 amide bonds. The van der Waals surface area contributed by atoms with Crippen LogP contribution in [0.5, 0.6) is 0 Å². The van der Waals surface area contributed by atoms with Crippen molar-refractivity contribution in [3.63, 3.8) is 0 Å². The molecule has 0 aromatic heterocycles. The molecule has 0 aliphatic carbocycles. The summed E-state index contributed by atoms with van der Waals surface area (Å²) in [5.41, 5.74) is 0.731. The maximum absolute atomic E-state index is 11.5. The lowest BCUT2D eigenvalue weighted by Crippen LogP contribution is -2.18. The minimum atomic E-state index is -3.42. The summed E-state index contributed by atoms with van der Waals surface area (Å²) >= 11 is 0. The Morgan fingerprint density at radius 2 is 1.95 bits per heavy atom. The van der Waals surface area contributed by atoms with Crippen LogP contribution in [0.1, 0.15) is 0 Å². The molecule has 0 saturated heterocycles. The van der Waals surface area contributed by atoms with E-state index in [9.17, 15) is 13.2 Å². The Bertz CT molecular complexity index is 512. The molecule has 0 aliphatic rings. The smallest absolute Gasteiger partial charge is 0.329 e. The molecule has 1 rings (SSSR count). The number of hydrogen-bond acceptors (Lipinski definition) is 5. The van der Waals surface area contributed by atoms with Gasteiger partial charge in [0.15, 0.2) is 0 Å². The number of ether oxygens (including phenoxy) is 1. The predicted octanol–water partition coefficient (Wildman–Crippen LogP) is 0.108. The van der Waals surface area contributed by atoms with Gasteiger partial charge in [-0.05, 0) is 31.3 Å². The molecule has 19 heavy (non-hydrogen) atoms. The standard InChI is InChI=1S/C11H16N2O5S/c1-12-19(16,17)10-4-2-9(3-5-10)13-6-7-18-8-11(14)15/h2-5,12-13H,6-8H2,1H3,(H,14,15). The number of nitrogens with one attached hydrogen (secondary N) is 2. The molecule has 0 unspecified atom stereocenters. The van der Waals surface area contributed by atoms with Crippen LogP contribution in [0.15, 0.2) is 29.2 Å². The first-order valence-electron chi connectivity index (χ1n) is 5.53. The van der Waals surface area contributed by atoms with Crippen molar-refractivity contribution in [3.8, 4) is 0 Å². The molecule has 3 N–H and O–H groups in total. The van der Waals surface area contributed by atoms with Gasteiger partial charge in [-0.25, -0.2) is 17.9 Å². The maximum atomic E-state index is 11.5. The van der Waals surface area contributed by atoms with Crippen molar-refractivity contribution in [2.45, 2.75) is 4.90 Å². The van der Waals surface area contributed by atoms with Gasteiger partial charge in [-0.2, -0.15) is 0 Å². The number of benzene rings is 1. The van der Waals surface area contributed by atoms with Gasteiger partial charge in [-0.1, -0.05) is 0 Å². The van der Waals surface area contributed by atoms with Gasteiger partial charge in [0.2, 0.25) is 10.0 Å². The molecule has 0 heterocycles. The van der Waals surface area contributed by atoms with Crippen molar-refractivity contribution < 1.29 is 23.1 Å². The minimum Gasteiger partial charge on any atom is -0.480 e. The van der Waals surface area contributed by atoms with E-state index in [1.54, 1.807) is 12.1 Å². The molecule has 0 aliphatic heterocycles. The Balaban J connectivity index is 2.43. The molecule has 0 spiro atoms. The van der Waals surface area contributed by atoms with Crippen LogP contribution in [-0.2, 0) is 19.6 Å². The molecule has 0 saturated carbocycles. The number of hydrogen-bond donors (Lipinski definition) is 3. The summed E-state index contributed by atoms with van der Waals surface area (Å²) in [5, 5.41) is 11.3. The lowest BCUT2D eigenvalue weighted by atomic mass is 10.3. The molecule has 0 atom stereocenters. The lowest BCUT2D eigenvalue weighted by molar-refractivity contribution is -0.142. The Labute approximate surface area is 111 Å². The van der Waals surface area contributed by atoms with Crippen LogP contribution in [0.25, 0.3) is 0 Å². The molecular formula is C11H16N2O5S. The molecule has 0 fully saturated rings. The second kappa shape index (κ2) is 7.07. The van der Waals surface area contributed by atoms with Crippen LogP contribution in [0.3, 0.4) is 0 Å². The SMILES string of the molecule is CNS(=O)(=O)c1ccc(NCCOCC(=O)O)cc1. The number of carboxylic acid groups (broad SMARTS) is 1. The summed E-state index contributed by atoms with van der Waals surface area (Å²) in [6, 6.07) is 6.21. The summed E-state index contributed by atoms with van der Waals surface area (Å²) in [6.45, 7) is 0.356. The van der Waals surface area contributed by atoms with Crippen molar-refractivity contribution >= 4 is 21.7 Å². The zero-order valence-electron chi connectivity index (χ0n) is 10.4. The second-order valence-corrected chi connectivity index (χ2v) is 5.49. The first-order valence-corrected chi connectivity index (χ1v) is 7.01. The molecule has 7 nitrogen and oxygen atoms in total. The van der Waals surface area contributed by atoms with Gasteiger partial charge in [0.25, 0.3) is 0 Å². The van der Waals surface area contributed by atoms with E-state index in [0.717, 1.165) is 5.69 Å². The van der Waals surface area contributed by atoms with Gasteiger partial charge in [0.05, 0.1) is 11.5 Å². The monoisotopic (exact) mass is 288 g/mol. The minimum absolute atomic E-state index is 0.183. The average Bonchev–Trinajstić information content (AvgIpc) is 2.38. The summed E-state index contributed by atoms with van der Waals surface area (Å²) in [7, 11) is -2.07. The van der Waals surface area contributed by atoms with E-state index >= 15 is 0 Å². The van der Waals surface area contributed by atoms with Crippen LogP contribution in [0.4, 0.5) is 5.69 Å². The Kier molecular flexibility index (Phi) is 5.74. The van der Waals surface area contributed by atoms with Crippen LogP contribution in [0, 0.1) is 0 Å². The van der Waals surface area contributed by atoms with E-state index in [4.69, 9.17) is 9.84 Å². The van der Waals surface area contributed by atoms with E-state index in [2.05, 4.69) is 10.0 Å². The van der Waals surface area contributed by atoms with Crippen LogP contribution in [-0.4, -0.2) is 46.3 Å². The zero-order chi connectivity index (χ0) is 14.3. The molecule has 0 radical (unpaired) electrons. The maximum Gasteiger partial charge on any atom is 0.329 e. The first kappa shape index (κ1) is 15.4. The molecule has 8 heteroatoms. The molecule has 1 aromatic rings. The Hall–Kier alpha value is -1.64. The van der Waals surface area contributed by atoms with Gasteiger partial charge >= 0.3 is 5.97 Å². The summed E-state index contributed by atoms with van der Waals surface area (Å²) in [4.78, 5) is 10.4. The number of carboxylic acids is 1. The third-order valence-corrected chi connectivity index (χ3v) is 3.66. The summed E-state index contributed by atoms with van der Waals surface area (Å²) in [6.07, 6.45) is 0. The van der Waals surface area contributed by atoms with E-state index in [-0.39, 0.29) is 18.1 Å². The normalized spacial score (nSPS) is 11.2. The van der Waals surface area contributed by atoms with Gasteiger partial charge in [-0.15, -0.1) is 0 Å². The van der Waals surface area contributed by atoms with Crippen LogP contribution in [0.2, 0.25) is 0 Å². The Morgan fingerprint density at radius 1 is 1.32 bits per heavy atom. The fourth-order valence-electron chi connectivity index (χ4n) is 1.30. The fourth-order valence-corrected chi connectivity index (χ4v) is 2.03. The topological polar surface area (TPSA) is 105 Å².